The highest BCUT2D eigenvalue weighted by Gasteiger charge is 2.50. The Labute approximate surface area is 167 Å². The molecule has 29 heavy (non-hydrogen) atoms. The largest absolute Gasteiger partial charge is 0.463 e. The third-order valence-electron chi connectivity index (χ3n) is 4.74. The number of nitrogens with one attached hydrogen (secondary N) is 1. The fourth-order valence-corrected chi connectivity index (χ4v) is 3.14. The number of hydrogen-bond acceptors (Lipinski definition) is 12. The second kappa shape index (κ2) is 10.7. The molecule has 7 N–H and O–H groups in total. The number of carbonyl (C=O) groups excluding carboxylic acids is 1. The molecule has 0 aromatic heterocycles. The summed E-state index contributed by atoms with van der Waals surface area (Å²) in [6.07, 6.45) is -12.7. The normalized spacial score (nSPS) is 43.0. The molecule has 0 spiro atoms. The summed E-state index contributed by atoms with van der Waals surface area (Å²) < 4.78 is 21.2. The second-order valence-corrected chi connectivity index (χ2v) is 6.87. The number of carbonyl (C=O) groups is 1. The van der Waals surface area contributed by atoms with Gasteiger partial charge in [-0.1, -0.05) is 6.08 Å². The van der Waals surface area contributed by atoms with Crippen molar-refractivity contribution in [2.24, 2.45) is 0 Å². The predicted octanol–water partition coefficient (Wildman–Crippen LogP) is -4.04. The molecular weight excluding hydrogens is 394 g/mol. The molecule has 2 aliphatic rings. The van der Waals surface area contributed by atoms with Gasteiger partial charge in [-0.3, -0.25) is 10.1 Å². The van der Waals surface area contributed by atoms with Crippen LogP contribution in [0.1, 0.15) is 6.92 Å². The van der Waals surface area contributed by atoms with Gasteiger partial charge in [0.05, 0.1) is 6.61 Å². The van der Waals surface area contributed by atoms with Gasteiger partial charge in [-0.05, 0) is 0 Å². The van der Waals surface area contributed by atoms with Crippen LogP contribution < -0.4 is 5.32 Å². The molecule has 0 saturated carbocycles. The molecule has 0 aromatic carbocycles. The molecule has 2 saturated heterocycles. The Kier molecular flexibility index (Phi) is 8.91. The van der Waals surface area contributed by atoms with Crippen LogP contribution in [0.15, 0.2) is 12.7 Å². The van der Waals surface area contributed by atoms with Crippen molar-refractivity contribution in [3.05, 3.63) is 12.7 Å². The van der Waals surface area contributed by atoms with Crippen molar-refractivity contribution in [2.45, 2.75) is 68.3 Å². The van der Waals surface area contributed by atoms with Crippen molar-refractivity contribution < 1.29 is 54.4 Å². The average molecular weight is 423 g/mol. The van der Waals surface area contributed by atoms with E-state index in [-0.39, 0.29) is 6.54 Å². The quantitative estimate of drug-likeness (QED) is 0.148. The molecule has 12 nitrogen and oxygen atoms in total. The lowest BCUT2D eigenvalue weighted by molar-refractivity contribution is -0.343. The Balaban J connectivity index is 2.10. The van der Waals surface area contributed by atoms with E-state index in [1.165, 1.54) is 6.08 Å². The molecule has 0 radical (unpaired) electrons. The summed E-state index contributed by atoms with van der Waals surface area (Å²) >= 11 is 0. The van der Waals surface area contributed by atoms with E-state index < -0.39 is 80.5 Å². The smallest absolute Gasteiger partial charge is 0.302 e. The first-order valence-electron chi connectivity index (χ1n) is 9.16. The van der Waals surface area contributed by atoms with Crippen molar-refractivity contribution in [1.29, 1.82) is 0 Å². The fourth-order valence-electron chi connectivity index (χ4n) is 3.14. The minimum Gasteiger partial charge on any atom is -0.463 e. The van der Waals surface area contributed by atoms with Crippen molar-refractivity contribution in [3.8, 4) is 0 Å². The van der Waals surface area contributed by atoms with Crippen LogP contribution in [-0.2, 0) is 23.7 Å². The van der Waals surface area contributed by atoms with Crippen LogP contribution in [0.2, 0.25) is 0 Å². The predicted molar refractivity (Wildman–Crippen MR) is 94.1 cm³/mol. The first kappa shape index (κ1) is 24.1. The molecular formula is C17H29NO11. The summed E-state index contributed by atoms with van der Waals surface area (Å²) in [7, 11) is 0. The lowest BCUT2D eigenvalue weighted by Crippen LogP contribution is -2.66. The van der Waals surface area contributed by atoms with Crippen molar-refractivity contribution >= 4 is 5.97 Å². The molecule has 0 amide bonds. The van der Waals surface area contributed by atoms with Crippen LogP contribution in [0.25, 0.3) is 0 Å². The zero-order valence-electron chi connectivity index (χ0n) is 15.9. The molecule has 10 atom stereocenters. The van der Waals surface area contributed by atoms with Gasteiger partial charge in [0.25, 0.3) is 0 Å². The van der Waals surface area contributed by atoms with E-state index >= 15 is 0 Å². The van der Waals surface area contributed by atoms with Crippen molar-refractivity contribution in [1.82, 2.24) is 5.32 Å². The maximum atomic E-state index is 11.0. The van der Waals surface area contributed by atoms with E-state index in [1.807, 2.05) is 0 Å². The number of rotatable bonds is 8. The zero-order valence-corrected chi connectivity index (χ0v) is 15.9. The summed E-state index contributed by atoms with van der Waals surface area (Å²) in [6.45, 7) is 3.93. The van der Waals surface area contributed by atoms with Crippen LogP contribution in [-0.4, -0.2) is 118 Å². The van der Waals surface area contributed by atoms with Crippen LogP contribution in [0.3, 0.4) is 0 Å². The number of aliphatic hydroxyl groups is 6. The Morgan fingerprint density at radius 3 is 2.31 bits per heavy atom. The Morgan fingerprint density at radius 2 is 1.72 bits per heavy atom. The van der Waals surface area contributed by atoms with Crippen LogP contribution in [0.5, 0.6) is 0 Å². The molecule has 2 rings (SSSR count). The topological polar surface area (TPSA) is 187 Å². The Morgan fingerprint density at radius 1 is 1.03 bits per heavy atom. The first-order chi connectivity index (χ1) is 13.7. The first-order valence-corrected chi connectivity index (χ1v) is 9.16. The van der Waals surface area contributed by atoms with Crippen molar-refractivity contribution in [2.75, 3.05) is 19.8 Å². The number of esters is 1. The third kappa shape index (κ3) is 5.70. The van der Waals surface area contributed by atoms with E-state index in [0.717, 1.165) is 6.92 Å². The molecule has 168 valence electrons. The van der Waals surface area contributed by atoms with Gasteiger partial charge >= 0.3 is 5.97 Å². The van der Waals surface area contributed by atoms with Gasteiger partial charge in [0, 0.05) is 13.5 Å². The van der Waals surface area contributed by atoms with E-state index in [2.05, 4.69) is 11.9 Å². The molecule has 12 heteroatoms. The molecule has 2 heterocycles. The van der Waals surface area contributed by atoms with Crippen molar-refractivity contribution in [3.63, 3.8) is 0 Å². The van der Waals surface area contributed by atoms with Gasteiger partial charge in [0.15, 0.2) is 6.29 Å². The van der Waals surface area contributed by atoms with Gasteiger partial charge in [-0.2, -0.15) is 0 Å². The van der Waals surface area contributed by atoms with E-state index in [1.54, 1.807) is 0 Å². The van der Waals surface area contributed by atoms with E-state index in [0.29, 0.717) is 0 Å². The summed E-state index contributed by atoms with van der Waals surface area (Å²) in [4.78, 5) is 11.0. The lowest BCUT2D eigenvalue weighted by Gasteiger charge is -2.46. The molecule has 2 aliphatic heterocycles. The highest BCUT2D eigenvalue weighted by atomic mass is 16.7. The Bertz CT molecular complexity index is 547. The lowest BCUT2D eigenvalue weighted by atomic mass is 9.96. The van der Waals surface area contributed by atoms with Crippen LogP contribution >= 0.6 is 0 Å². The molecule has 4 unspecified atom stereocenters. The maximum absolute atomic E-state index is 11.0. The maximum Gasteiger partial charge on any atom is 0.302 e. The summed E-state index contributed by atoms with van der Waals surface area (Å²) in [5.74, 6) is -0.642. The van der Waals surface area contributed by atoms with Crippen LogP contribution in [0.4, 0.5) is 0 Å². The van der Waals surface area contributed by atoms with E-state index in [9.17, 15) is 35.4 Å². The molecule has 2 fully saturated rings. The third-order valence-corrected chi connectivity index (χ3v) is 4.74. The standard InChI is InChI=1S/C17H29NO11/c1-3-4-18-16-13(24)12(23)15(8(5-19)27-16)29-17-14(25)11(22)10(21)9(28-17)6-26-7(2)20/h3,8-19,21-25H,1,4-6H2,2H3/t8-,9?,10+,11-,12?,13?,14?,15+,16+,17-/m0/s1. The van der Waals surface area contributed by atoms with E-state index in [4.69, 9.17) is 18.9 Å². The average Bonchev–Trinajstić information content (AvgIpc) is 2.69. The fraction of sp³-hybridized carbons (Fsp3) is 0.824. The Hall–Kier alpha value is -1.19. The van der Waals surface area contributed by atoms with Gasteiger partial charge in [0.2, 0.25) is 0 Å². The molecule has 0 aromatic rings. The minimum absolute atomic E-state index is 0.268. The number of aliphatic hydroxyl groups excluding tert-OH is 6. The van der Waals surface area contributed by atoms with Crippen LogP contribution in [0, 0.1) is 0 Å². The van der Waals surface area contributed by atoms with Gasteiger partial charge in [-0.15, -0.1) is 6.58 Å². The summed E-state index contributed by atoms with van der Waals surface area (Å²) in [5.41, 5.74) is 0. The SMILES string of the molecule is C=CCN[C@@H]1O[C@@H](CO)[C@@H](O[C@@H]2OC(COC(C)=O)[C@@H](O)[C@H](O)C2O)C(O)C1O. The summed E-state index contributed by atoms with van der Waals surface area (Å²) in [5, 5.41) is 63.3. The minimum atomic E-state index is -1.72. The molecule has 0 aliphatic carbocycles. The molecule has 0 bridgehead atoms. The number of hydrogen-bond donors (Lipinski definition) is 7. The van der Waals surface area contributed by atoms with Gasteiger partial charge in [0.1, 0.15) is 61.7 Å². The highest BCUT2D eigenvalue weighted by molar-refractivity contribution is 5.65. The van der Waals surface area contributed by atoms with Gasteiger partial charge < -0.3 is 49.6 Å². The highest BCUT2D eigenvalue weighted by Crippen LogP contribution is 2.28. The summed E-state index contributed by atoms with van der Waals surface area (Å²) in [6, 6.07) is 0. The van der Waals surface area contributed by atoms with Gasteiger partial charge in [-0.25, -0.2) is 0 Å². The zero-order chi connectivity index (χ0) is 21.7. The second-order valence-electron chi connectivity index (χ2n) is 6.87. The monoisotopic (exact) mass is 423 g/mol. The number of ether oxygens (including phenoxy) is 4.